The Morgan fingerprint density at radius 3 is 2.78 bits per heavy atom. The van der Waals surface area contributed by atoms with Gasteiger partial charge in [0.2, 0.25) is 5.91 Å². The summed E-state index contributed by atoms with van der Waals surface area (Å²) < 4.78 is 0. The minimum absolute atomic E-state index is 0.197. The van der Waals surface area contributed by atoms with Gasteiger partial charge in [0, 0.05) is 43.9 Å². The van der Waals surface area contributed by atoms with E-state index in [4.69, 9.17) is 0 Å². The molecule has 2 heterocycles. The van der Waals surface area contributed by atoms with E-state index in [1.54, 1.807) is 16.2 Å². The zero-order valence-electron chi connectivity index (χ0n) is 15.1. The molecule has 0 N–H and O–H groups in total. The van der Waals surface area contributed by atoms with Crippen molar-refractivity contribution >= 4 is 17.2 Å². The number of carbonyl (C=O) groups is 1. The first kappa shape index (κ1) is 18.4. The van der Waals surface area contributed by atoms with Crippen LogP contribution >= 0.6 is 11.3 Å². The highest BCUT2D eigenvalue weighted by Crippen LogP contribution is 2.20. The molecule has 0 radical (unpaired) electrons. The number of rotatable bonds is 7. The average molecular weight is 339 g/mol. The Hall–Kier alpha value is -0.980. The zero-order chi connectivity index (χ0) is 17.0. The predicted molar refractivity (Wildman–Crippen MR) is 95.8 cm³/mol. The van der Waals surface area contributed by atoms with E-state index in [0.717, 1.165) is 30.3 Å². The van der Waals surface area contributed by atoms with Crippen LogP contribution in [-0.4, -0.2) is 72.4 Å². The number of likely N-dealkylation sites (N-methyl/N-ethyl adjacent to an activating group) is 2. The van der Waals surface area contributed by atoms with Gasteiger partial charge in [-0.1, -0.05) is 13.8 Å². The molecule has 1 aromatic rings. The lowest BCUT2D eigenvalue weighted by molar-refractivity contribution is -0.130. The van der Waals surface area contributed by atoms with Crippen LogP contribution in [0.4, 0.5) is 0 Å². The summed E-state index contributed by atoms with van der Waals surface area (Å²) >= 11 is 1.68. The largest absolute Gasteiger partial charge is 0.340 e. The number of amides is 1. The lowest BCUT2D eigenvalue weighted by Crippen LogP contribution is -2.37. The third-order valence-corrected chi connectivity index (χ3v) is 5.75. The summed E-state index contributed by atoms with van der Waals surface area (Å²) in [6.45, 7) is 8.00. The summed E-state index contributed by atoms with van der Waals surface area (Å²) in [6.07, 6.45) is 1.78. The van der Waals surface area contributed by atoms with Crippen LogP contribution in [0.15, 0.2) is 5.38 Å². The Kier molecular flexibility index (Phi) is 6.56. The van der Waals surface area contributed by atoms with E-state index in [2.05, 4.69) is 48.1 Å². The number of likely N-dealkylation sites (tertiary alicyclic amines) is 1. The molecule has 1 saturated heterocycles. The maximum absolute atomic E-state index is 12.3. The molecule has 1 aromatic heterocycles. The summed E-state index contributed by atoms with van der Waals surface area (Å²) in [4.78, 5) is 23.4. The van der Waals surface area contributed by atoms with Gasteiger partial charge in [-0.3, -0.25) is 4.79 Å². The van der Waals surface area contributed by atoms with Crippen molar-refractivity contribution in [2.24, 2.45) is 0 Å². The molecule has 130 valence electrons. The Labute approximate surface area is 144 Å². The Morgan fingerprint density at radius 2 is 2.22 bits per heavy atom. The fraction of sp³-hybridized carbons (Fsp3) is 0.765. The Morgan fingerprint density at radius 1 is 1.48 bits per heavy atom. The first-order valence-corrected chi connectivity index (χ1v) is 9.31. The second-order valence-corrected chi connectivity index (χ2v) is 7.91. The van der Waals surface area contributed by atoms with Crippen LogP contribution in [-0.2, 0) is 11.3 Å². The zero-order valence-corrected chi connectivity index (χ0v) is 15.9. The Bertz CT molecular complexity index is 516. The fourth-order valence-electron chi connectivity index (χ4n) is 2.91. The summed E-state index contributed by atoms with van der Waals surface area (Å²) in [7, 11) is 6.17. The van der Waals surface area contributed by atoms with Crippen molar-refractivity contribution < 1.29 is 4.79 Å². The smallest absolute Gasteiger partial charge is 0.223 e. The first-order chi connectivity index (χ1) is 10.9. The SMILES string of the molecule is CC(C)c1nc(CN(C)C(=O)CCN(C)[C@H]2CCN(C)C2)cs1. The molecule has 1 aliphatic rings. The summed E-state index contributed by atoms with van der Waals surface area (Å²) in [5, 5.41) is 3.21. The van der Waals surface area contributed by atoms with E-state index in [9.17, 15) is 4.79 Å². The molecule has 1 atom stereocenters. The quantitative estimate of drug-likeness (QED) is 0.764. The maximum atomic E-state index is 12.3. The molecule has 0 aromatic carbocycles. The second-order valence-electron chi connectivity index (χ2n) is 7.02. The van der Waals surface area contributed by atoms with Crippen molar-refractivity contribution in [2.75, 3.05) is 40.8 Å². The lowest BCUT2D eigenvalue weighted by atomic mass is 10.2. The molecule has 2 rings (SSSR count). The standard InChI is InChI=1S/C17H30N4OS/c1-13(2)17-18-14(12-23-17)10-21(5)16(22)7-9-20(4)15-6-8-19(3)11-15/h12-13,15H,6-11H2,1-5H3/t15-/m0/s1. The highest BCUT2D eigenvalue weighted by Gasteiger charge is 2.23. The topological polar surface area (TPSA) is 39.7 Å². The summed E-state index contributed by atoms with van der Waals surface area (Å²) in [5.74, 6) is 0.648. The van der Waals surface area contributed by atoms with E-state index in [-0.39, 0.29) is 5.91 Å². The molecule has 1 fully saturated rings. The predicted octanol–water partition coefficient (Wildman–Crippen LogP) is 2.25. The molecule has 6 heteroatoms. The molecule has 1 amide bonds. The van der Waals surface area contributed by atoms with Gasteiger partial charge >= 0.3 is 0 Å². The van der Waals surface area contributed by atoms with Crippen LogP contribution in [0.3, 0.4) is 0 Å². The molecular formula is C17H30N4OS. The number of nitrogens with zero attached hydrogens (tertiary/aromatic N) is 4. The van der Waals surface area contributed by atoms with Gasteiger partial charge in [-0.2, -0.15) is 0 Å². The first-order valence-electron chi connectivity index (χ1n) is 8.44. The van der Waals surface area contributed by atoms with Gasteiger partial charge in [0.25, 0.3) is 0 Å². The van der Waals surface area contributed by atoms with Crippen molar-refractivity contribution in [1.82, 2.24) is 19.7 Å². The van der Waals surface area contributed by atoms with Gasteiger partial charge in [-0.25, -0.2) is 4.98 Å². The highest BCUT2D eigenvalue weighted by molar-refractivity contribution is 7.09. The fourth-order valence-corrected chi connectivity index (χ4v) is 3.73. The second kappa shape index (κ2) is 8.22. The van der Waals surface area contributed by atoms with Crippen molar-refractivity contribution in [2.45, 2.75) is 45.2 Å². The molecule has 0 aliphatic carbocycles. The van der Waals surface area contributed by atoms with E-state index >= 15 is 0 Å². The molecule has 0 saturated carbocycles. The molecule has 0 spiro atoms. The van der Waals surface area contributed by atoms with Crippen LogP contribution in [0.25, 0.3) is 0 Å². The van der Waals surface area contributed by atoms with Crippen LogP contribution in [0, 0.1) is 0 Å². The number of hydrogen-bond donors (Lipinski definition) is 0. The third-order valence-electron chi connectivity index (χ3n) is 4.56. The van der Waals surface area contributed by atoms with Gasteiger partial charge in [0.1, 0.15) is 0 Å². The van der Waals surface area contributed by atoms with E-state index in [0.29, 0.717) is 24.9 Å². The van der Waals surface area contributed by atoms with Gasteiger partial charge in [0.05, 0.1) is 17.2 Å². The third kappa shape index (κ3) is 5.26. The minimum atomic E-state index is 0.197. The molecule has 23 heavy (non-hydrogen) atoms. The van der Waals surface area contributed by atoms with Crippen LogP contribution in [0.2, 0.25) is 0 Å². The maximum Gasteiger partial charge on any atom is 0.223 e. The molecular weight excluding hydrogens is 308 g/mol. The lowest BCUT2D eigenvalue weighted by Gasteiger charge is -2.25. The van der Waals surface area contributed by atoms with Gasteiger partial charge < -0.3 is 14.7 Å². The van der Waals surface area contributed by atoms with Crippen LogP contribution in [0.5, 0.6) is 0 Å². The molecule has 5 nitrogen and oxygen atoms in total. The van der Waals surface area contributed by atoms with Gasteiger partial charge in [-0.15, -0.1) is 11.3 Å². The van der Waals surface area contributed by atoms with Crippen LogP contribution in [0.1, 0.15) is 43.3 Å². The number of thiazole rings is 1. The average Bonchev–Trinajstić information content (AvgIpc) is 3.13. The highest BCUT2D eigenvalue weighted by atomic mass is 32.1. The molecule has 1 aliphatic heterocycles. The summed E-state index contributed by atoms with van der Waals surface area (Å²) in [5.41, 5.74) is 1.00. The van der Waals surface area contributed by atoms with Crippen molar-refractivity contribution in [3.8, 4) is 0 Å². The van der Waals surface area contributed by atoms with E-state index in [1.165, 1.54) is 6.42 Å². The van der Waals surface area contributed by atoms with Crippen LogP contribution < -0.4 is 0 Å². The van der Waals surface area contributed by atoms with Gasteiger partial charge in [0.15, 0.2) is 0 Å². The normalized spacial score (nSPS) is 19.0. The van der Waals surface area contributed by atoms with Crippen molar-refractivity contribution in [3.63, 3.8) is 0 Å². The Balaban J connectivity index is 1.75. The summed E-state index contributed by atoms with van der Waals surface area (Å²) in [6, 6.07) is 0.588. The monoisotopic (exact) mass is 338 g/mol. The number of hydrogen-bond acceptors (Lipinski definition) is 5. The van der Waals surface area contributed by atoms with Crippen molar-refractivity contribution in [1.29, 1.82) is 0 Å². The van der Waals surface area contributed by atoms with E-state index in [1.807, 2.05) is 7.05 Å². The number of carbonyl (C=O) groups excluding carboxylic acids is 1. The molecule has 0 unspecified atom stereocenters. The van der Waals surface area contributed by atoms with E-state index < -0.39 is 0 Å². The minimum Gasteiger partial charge on any atom is -0.340 e. The van der Waals surface area contributed by atoms with Crippen molar-refractivity contribution in [3.05, 3.63) is 16.1 Å². The van der Waals surface area contributed by atoms with Gasteiger partial charge in [-0.05, 0) is 27.1 Å². The molecule has 0 bridgehead atoms. The number of aromatic nitrogens is 1.